The van der Waals surface area contributed by atoms with Gasteiger partial charge in [0.15, 0.2) is 5.82 Å². The topological polar surface area (TPSA) is 93.8 Å². The van der Waals surface area contributed by atoms with E-state index in [4.69, 9.17) is 9.51 Å². The van der Waals surface area contributed by atoms with Gasteiger partial charge in [-0.15, -0.1) is 11.3 Å². The second-order valence-electron chi connectivity index (χ2n) is 9.02. The Morgan fingerprint density at radius 1 is 1.00 bits per heavy atom. The Morgan fingerprint density at radius 3 is 2.42 bits per heavy atom. The van der Waals surface area contributed by atoms with Crippen molar-refractivity contribution in [1.29, 1.82) is 0 Å². The Hall–Kier alpha value is -3.04. The number of aryl methyl sites for hydroxylation is 2. The third-order valence-electron chi connectivity index (χ3n) is 6.47. The predicted molar refractivity (Wildman–Crippen MR) is 153 cm³/mol. The first-order chi connectivity index (χ1) is 18.0. The summed E-state index contributed by atoms with van der Waals surface area (Å²) >= 11 is 1.65. The summed E-state index contributed by atoms with van der Waals surface area (Å²) in [6.45, 7) is 4.61. The molecule has 0 unspecified atom stereocenters. The van der Waals surface area contributed by atoms with Crippen molar-refractivity contribution in [1.82, 2.24) is 19.7 Å². The maximum absolute atomic E-state index is 13.7. The van der Waals surface area contributed by atoms with E-state index in [1.165, 1.54) is 0 Å². The normalized spacial score (nSPS) is 10.9. The van der Waals surface area contributed by atoms with Crippen molar-refractivity contribution in [2.24, 2.45) is 0 Å². The molecule has 0 aliphatic rings. The molecule has 0 aliphatic heterocycles. The first-order valence-electron chi connectivity index (χ1n) is 12.4. The number of nitrogens with one attached hydrogen (secondary N) is 1. The van der Waals surface area contributed by atoms with E-state index in [0.717, 1.165) is 63.5 Å². The van der Waals surface area contributed by atoms with Crippen molar-refractivity contribution < 1.29 is 4.52 Å². The number of aromatic amines is 1. The van der Waals surface area contributed by atoms with Crippen LogP contribution in [0.1, 0.15) is 47.3 Å². The van der Waals surface area contributed by atoms with Crippen LogP contribution in [-0.4, -0.2) is 49.2 Å². The second-order valence-corrected chi connectivity index (χ2v) is 10.1. The maximum atomic E-state index is 13.7. The van der Waals surface area contributed by atoms with Crippen LogP contribution in [0.5, 0.6) is 0 Å². The van der Waals surface area contributed by atoms with Crippen molar-refractivity contribution >= 4 is 40.9 Å². The van der Waals surface area contributed by atoms with Gasteiger partial charge >= 0.3 is 35.3 Å². The number of benzene rings is 2. The molecular formula is C29H29N4NaO3S. The molecule has 0 amide bonds. The Kier molecular flexibility index (Phi) is 9.33. The molecule has 2 aromatic carbocycles. The van der Waals surface area contributed by atoms with Gasteiger partial charge in [-0.05, 0) is 47.9 Å². The van der Waals surface area contributed by atoms with Gasteiger partial charge in [0.25, 0.3) is 5.56 Å². The van der Waals surface area contributed by atoms with Crippen LogP contribution in [0.3, 0.4) is 0 Å². The minimum absolute atomic E-state index is 0. The fourth-order valence-electron chi connectivity index (χ4n) is 4.52. The Balaban J connectivity index is 0.00000336. The van der Waals surface area contributed by atoms with Crippen LogP contribution in [0.4, 0.5) is 0 Å². The second kappa shape index (κ2) is 12.7. The first-order valence-corrected chi connectivity index (χ1v) is 13.3. The summed E-state index contributed by atoms with van der Waals surface area (Å²) < 4.78 is 6.49. The number of hydrogen-bond acceptors (Lipinski definition) is 6. The van der Waals surface area contributed by atoms with Crippen LogP contribution < -0.4 is 11.3 Å². The zero-order chi connectivity index (χ0) is 25.8. The number of hydrogen-bond donors (Lipinski definition) is 1. The van der Waals surface area contributed by atoms with Crippen molar-refractivity contribution in [3.63, 3.8) is 0 Å². The van der Waals surface area contributed by atoms with Gasteiger partial charge in [0, 0.05) is 22.4 Å². The molecule has 0 atom stereocenters. The molecule has 0 saturated heterocycles. The Bertz CT molecular complexity index is 1620. The summed E-state index contributed by atoms with van der Waals surface area (Å²) in [4.78, 5) is 33.8. The number of rotatable bonds is 9. The summed E-state index contributed by atoms with van der Waals surface area (Å²) in [5, 5.41) is 5.87. The van der Waals surface area contributed by atoms with E-state index in [1.54, 1.807) is 15.9 Å². The Morgan fingerprint density at radius 2 is 1.76 bits per heavy atom. The SMILES string of the molecule is CCCCc1nc(C)n(Cc2cccs2)c(=O)c1Cc1ccc(-c2ccccc2-c2noc(=O)[nH]2)cc1.[NaH]. The van der Waals surface area contributed by atoms with Gasteiger partial charge in [0.05, 0.1) is 12.2 Å². The van der Waals surface area contributed by atoms with Crippen LogP contribution in [0.25, 0.3) is 22.5 Å². The van der Waals surface area contributed by atoms with E-state index < -0.39 is 5.76 Å². The third kappa shape index (κ3) is 6.15. The molecule has 0 fully saturated rings. The summed E-state index contributed by atoms with van der Waals surface area (Å²) in [6, 6.07) is 19.9. The first kappa shape index (κ1) is 28.0. The van der Waals surface area contributed by atoms with Crippen LogP contribution >= 0.6 is 11.3 Å². The van der Waals surface area contributed by atoms with Gasteiger partial charge in [-0.25, -0.2) is 9.78 Å². The molecule has 0 spiro atoms. The van der Waals surface area contributed by atoms with Crippen molar-refractivity contribution in [3.05, 3.63) is 114 Å². The molecule has 7 nitrogen and oxygen atoms in total. The molecule has 3 heterocycles. The number of thiophene rings is 1. The molecule has 190 valence electrons. The molecule has 1 N–H and O–H groups in total. The van der Waals surface area contributed by atoms with Crippen LogP contribution in [0, 0.1) is 6.92 Å². The summed E-state index contributed by atoms with van der Waals surface area (Å²) in [6.07, 6.45) is 3.36. The van der Waals surface area contributed by atoms with E-state index in [0.29, 0.717) is 18.8 Å². The molecule has 9 heteroatoms. The van der Waals surface area contributed by atoms with Gasteiger partial charge < -0.3 is 0 Å². The summed E-state index contributed by atoms with van der Waals surface area (Å²) in [7, 11) is 0. The number of aromatic nitrogens is 4. The van der Waals surface area contributed by atoms with Crippen LogP contribution in [0.2, 0.25) is 0 Å². The third-order valence-corrected chi connectivity index (χ3v) is 7.33. The predicted octanol–water partition coefficient (Wildman–Crippen LogP) is 4.96. The molecular weight excluding hydrogens is 507 g/mol. The fraction of sp³-hybridized carbons (Fsp3) is 0.241. The summed E-state index contributed by atoms with van der Waals surface area (Å²) in [5.74, 6) is 0.559. The number of H-pyrrole nitrogens is 1. The summed E-state index contributed by atoms with van der Waals surface area (Å²) in [5.41, 5.74) is 5.43. The van der Waals surface area contributed by atoms with E-state index in [9.17, 15) is 9.59 Å². The molecule has 5 aromatic rings. The van der Waals surface area contributed by atoms with E-state index in [2.05, 4.69) is 17.1 Å². The van der Waals surface area contributed by atoms with E-state index in [1.807, 2.05) is 73.0 Å². The van der Waals surface area contributed by atoms with Gasteiger partial charge in [-0.1, -0.05) is 73.1 Å². The Labute approximate surface area is 246 Å². The molecule has 5 rings (SSSR count). The van der Waals surface area contributed by atoms with Crippen molar-refractivity contribution in [3.8, 4) is 22.5 Å². The van der Waals surface area contributed by atoms with E-state index >= 15 is 0 Å². The molecule has 0 radical (unpaired) electrons. The zero-order valence-corrected chi connectivity index (χ0v) is 21.7. The molecule has 3 aromatic heterocycles. The molecule has 0 saturated carbocycles. The number of unbranched alkanes of at least 4 members (excludes halogenated alkanes) is 1. The van der Waals surface area contributed by atoms with E-state index in [-0.39, 0.29) is 35.1 Å². The monoisotopic (exact) mass is 536 g/mol. The fourth-order valence-corrected chi connectivity index (χ4v) is 5.22. The van der Waals surface area contributed by atoms with Crippen LogP contribution in [0.15, 0.2) is 80.2 Å². The molecule has 38 heavy (non-hydrogen) atoms. The van der Waals surface area contributed by atoms with Gasteiger partial charge in [-0.2, -0.15) is 0 Å². The molecule has 0 aliphatic carbocycles. The van der Waals surface area contributed by atoms with Crippen molar-refractivity contribution in [2.45, 2.75) is 46.1 Å². The van der Waals surface area contributed by atoms with Crippen molar-refractivity contribution in [2.75, 3.05) is 0 Å². The quantitative estimate of drug-likeness (QED) is 0.269. The zero-order valence-electron chi connectivity index (χ0n) is 20.9. The van der Waals surface area contributed by atoms with Gasteiger partial charge in [0.2, 0.25) is 0 Å². The molecule has 0 bridgehead atoms. The standard InChI is InChI=1S/C29H28N4O3S.Na.H/c1-3-4-11-26-25(28(34)33(19(2)30-26)18-22-8-7-16-37-22)17-20-12-14-21(15-13-20)23-9-5-6-10-24(23)27-31-29(35)36-32-27;;/h5-10,12-16H,3-4,11,17-18H2,1-2H3,(H,31,32,35);;. The van der Waals surface area contributed by atoms with Crippen LogP contribution in [-0.2, 0) is 19.4 Å². The number of nitrogens with zero attached hydrogens (tertiary/aromatic N) is 3. The minimum atomic E-state index is -0.588. The van der Waals surface area contributed by atoms with Gasteiger partial charge in [0.1, 0.15) is 5.82 Å². The average molecular weight is 537 g/mol. The average Bonchev–Trinajstić information content (AvgIpc) is 3.59. The van der Waals surface area contributed by atoms with Gasteiger partial charge in [-0.3, -0.25) is 18.9 Å².